The van der Waals surface area contributed by atoms with Gasteiger partial charge in [-0.2, -0.15) is 8.78 Å². The summed E-state index contributed by atoms with van der Waals surface area (Å²) in [4.78, 5) is -3.94. The fourth-order valence-corrected chi connectivity index (χ4v) is 7.03. The Morgan fingerprint density at radius 3 is 1.73 bits per heavy atom. The van der Waals surface area contributed by atoms with Gasteiger partial charge in [0.2, 0.25) is 0 Å². The fraction of sp³-hybridized carbons (Fsp3) is 0.600. The maximum atomic E-state index is 15.0. The van der Waals surface area contributed by atoms with Crippen molar-refractivity contribution >= 4 is 15.9 Å². The molecule has 37 heavy (non-hydrogen) atoms. The van der Waals surface area contributed by atoms with E-state index in [4.69, 9.17) is 0 Å². The van der Waals surface area contributed by atoms with E-state index in [2.05, 4.69) is 6.92 Å². The van der Waals surface area contributed by atoms with Crippen LogP contribution in [-0.4, -0.2) is 0 Å². The van der Waals surface area contributed by atoms with E-state index in [1.54, 1.807) is 0 Å². The Morgan fingerprint density at radius 2 is 1.24 bits per heavy atom. The lowest BCUT2D eigenvalue weighted by atomic mass is 9.68. The molecule has 0 aromatic heterocycles. The van der Waals surface area contributed by atoms with Gasteiger partial charge in [0.25, 0.3) is 0 Å². The third-order valence-electron chi connectivity index (χ3n) is 8.70. The lowest BCUT2D eigenvalue weighted by Gasteiger charge is -2.38. The van der Waals surface area contributed by atoms with Crippen LogP contribution in [0.4, 0.5) is 26.3 Å². The van der Waals surface area contributed by atoms with Gasteiger partial charge >= 0.3 is 4.83 Å². The molecule has 0 bridgehead atoms. The predicted octanol–water partition coefficient (Wildman–Crippen LogP) is 11.0. The summed E-state index contributed by atoms with van der Waals surface area (Å²) in [7, 11) is 0. The highest BCUT2D eigenvalue weighted by Crippen LogP contribution is 2.46. The molecule has 0 unspecified atom stereocenters. The molecule has 0 amide bonds. The number of alkyl halides is 3. The van der Waals surface area contributed by atoms with Gasteiger partial charge in [-0.15, -0.1) is 0 Å². The van der Waals surface area contributed by atoms with Crippen molar-refractivity contribution in [1.82, 2.24) is 0 Å². The molecule has 2 aliphatic rings. The summed E-state index contributed by atoms with van der Waals surface area (Å²) in [6.45, 7) is 2.24. The van der Waals surface area contributed by atoms with Crippen molar-refractivity contribution in [2.45, 2.75) is 94.7 Å². The Morgan fingerprint density at radius 1 is 0.730 bits per heavy atom. The third kappa shape index (κ3) is 6.75. The summed E-state index contributed by atoms with van der Waals surface area (Å²) in [6, 6.07) is 3.54. The van der Waals surface area contributed by atoms with Gasteiger partial charge in [-0.3, -0.25) is 0 Å². The predicted molar refractivity (Wildman–Crippen MR) is 139 cm³/mol. The van der Waals surface area contributed by atoms with E-state index in [1.165, 1.54) is 63.5 Å². The quantitative estimate of drug-likeness (QED) is 0.163. The summed E-state index contributed by atoms with van der Waals surface area (Å²) in [5.41, 5.74) is -2.02. The molecule has 2 aromatic carbocycles. The van der Waals surface area contributed by atoms with Crippen molar-refractivity contribution < 1.29 is 26.3 Å². The van der Waals surface area contributed by atoms with Crippen LogP contribution in [0.15, 0.2) is 24.3 Å². The number of rotatable bonds is 8. The highest BCUT2D eigenvalue weighted by Gasteiger charge is 2.36. The number of hydrogen-bond acceptors (Lipinski definition) is 0. The molecule has 2 saturated carbocycles. The lowest BCUT2D eigenvalue weighted by Crippen LogP contribution is -2.25. The average Bonchev–Trinajstić information content (AvgIpc) is 2.83. The topological polar surface area (TPSA) is 0 Å². The Labute approximate surface area is 224 Å². The van der Waals surface area contributed by atoms with E-state index in [0.717, 1.165) is 37.5 Å². The monoisotopic (exact) mass is 588 g/mol. The molecule has 0 radical (unpaired) electrons. The minimum absolute atomic E-state index is 0.0302. The van der Waals surface area contributed by atoms with E-state index in [-0.39, 0.29) is 5.92 Å². The van der Waals surface area contributed by atoms with Gasteiger partial charge in [0, 0.05) is 0 Å². The first-order chi connectivity index (χ1) is 17.6. The molecule has 2 aliphatic carbocycles. The normalized spacial score (nSPS) is 24.9. The molecule has 0 N–H and O–H groups in total. The van der Waals surface area contributed by atoms with Crippen LogP contribution in [0.3, 0.4) is 0 Å². The van der Waals surface area contributed by atoms with Crippen molar-refractivity contribution in [2.24, 2.45) is 17.8 Å². The van der Waals surface area contributed by atoms with Crippen LogP contribution in [0.1, 0.15) is 101 Å². The molecule has 2 aromatic rings. The van der Waals surface area contributed by atoms with Crippen molar-refractivity contribution in [2.75, 3.05) is 0 Å². The van der Waals surface area contributed by atoms with Crippen molar-refractivity contribution in [3.05, 3.63) is 58.7 Å². The number of benzene rings is 2. The standard InChI is InChI=1S/C30H35BrF6/c1-2-3-4-5-18-6-8-19(9-7-18)20-10-12-21(13-11-20)22-14-24(32)28(25(33)15-22)23-16-26(34)29(27(35)17-23)30(31,36)37/h14-21H,2-13H2,1H3. The highest BCUT2D eigenvalue weighted by molar-refractivity contribution is 9.09. The Kier molecular flexibility index (Phi) is 9.34. The minimum atomic E-state index is -3.94. The summed E-state index contributed by atoms with van der Waals surface area (Å²) in [5.74, 6) is -2.73. The maximum absolute atomic E-state index is 15.0. The summed E-state index contributed by atoms with van der Waals surface area (Å²) in [5, 5.41) is 0. The molecule has 204 valence electrons. The summed E-state index contributed by atoms with van der Waals surface area (Å²) in [6.07, 6.45) is 14.3. The van der Waals surface area contributed by atoms with Crippen molar-refractivity contribution in [3.8, 4) is 11.1 Å². The second-order valence-electron chi connectivity index (χ2n) is 11.1. The second-order valence-corrected chi connectivity index (χ2v) is 12.1. The molecule has 0 spiro atoms. The Balaban J connectivity index is 1.39. The van der Waals surface area contributed by atoms with E-state index in [1.807, 2.05) is 15.9 Å². The zero-order chi connectivity index (χ0) is 26.7. The van der Waals surface area contributed by atoms with Gasteiger partial charge in [-0.25, -0.2) is 17.6 Å². The molecule has 0 atom stereocenters. The van der Waals surface area contributed by atoms with Crippen LogP contribution in [0.2, 0.25) is 0 Å². The van der Waals surface area contributed by atoms with Crippen LogP contribution >= 0.6 is 15.9 Å². The van der Waals surface area contributed by atoms with Gasteiger partial charge in [0.1, 0.15) is 28.8 Å². The van der Waals surface area contributed by atoms with Crippen LogP contribution in [0, 0.1) is 41.0 Å². The number of halogens is 7. The van der Waals surface area contributed by atoms with Gasteiger partial charge in [0.15, 0.2) is 0 Å². The van der Waals surface area contributed by atoms with Crippen LogP contribution in [0.5, 0.6) is 0 Å². The zero-order valence-electron chi connectivity index (χ0n) is 21.2. The first kappa shape index (κ1) is 28.5. The van der Waals surface area contributed by atoms with Crippen LogP contribution < -0.4 is 0 Å². The first-order valence-corrected chi connectivity index (χ1v) is 14.4. The third-order valence-corrected chi connectivity index (χ3v) is 9.09. The molecule has 0 aliphatic heterocycles. The molecular weight excluding hydrogens is 554 g/mol. The van der Waals surface area contributed by atoms with Crippen molar-refractivity contribution in [1.29, 1.82) is 0 Å². The summed E-state index contributed by atoms with van der Waals surface area (Å²) < 4.78 is 85.3. The number of unbranched alkanes of at least 4 members (excludes halogenated alkanes) is 2. The molecule has 0 heterocycles. The largest absolute Gasteiger partial charge is 0.332 e. The molecule has 0 nitrogen and oxygen atoms in total. The molecular formula is C30H35BrF6. The second kappa shape index (κ2) is 12.1. The smallest absolute Gasteiger partial charge is 0.206 e. The van der Waals surface area contributed by atoms with Gasteiger partial charge in [-0.1, -0.05) is 45.4 Å². The maximum Gasteiger partial charge on any atom is 0.332 e. The molecule has 7 heteroatoms. The van der Waals surface area contributed by atoms with Crippen molar-refractivity contribution in [3.63, 3.8) is 0 Å². The lowest BCUT2D eigenvalue weighted by molar-refractivity contribution is 0.105. The molecule has 4 rings (SSSR count). The minimum Gasteiger partial charge on any atom is -0.206 e. The molecule has 2 fully saturated rings. The van der Waals surface area contributed by atoms with Crippen LogP contribution in [0.25, 0.3) is 11.1 Å². The average molecular weight is 590 g/mol. The summed E-state index contributed by atoms with van der Waals surface area (Å²) >= 11 is 1.93. The fourth-order valence-electron chi connectivity index (χ4n) is 6.65. The highest BCUT2D eigenvalue weighted by atomic mass is 79.9. The van der Waals surface area contributed by atoms with Crippen LogP contribution in [-0.2, 0) is 4.83 Å². The van der Waals surface area contributed by atoms with E-state index in [9.17, 15) is 17.6 Å². The van der Waals surface area contributed by atoms with E-state index >= 15 is 8.78 Å². The Bertz CT molecular complexity index is 1020. The van der Waals surface area contributed by atoms with Gasteiger partial charge in [0.05, 0.1) is 5.56 Å². The van der Waals surface area contributed by atoms with Gasteiger partial charge < -0.3 is 0 Å². The first-order valence-electron chi connectivity index (χ1n) is 13.6. The number of hydrogen-bond donors (Lipinski definition) is 0. The van der Waals surface area contributed by atoms with Gasteiger partial charge in [-0.05, 0) is 114 Å². The molecule has 0 saturated heterocycles. The SMILES string of the molecule is CCCCCC1CCC(C2CCC(c3cc(F)c(-c4cc(F)c(C(F)(F)Br)c(F)c4)c(F)c3)CC2)CC1. The zero-order valence-corrected chi connectivity index (χ0v) is 22.8. The van der Waals surface area contributed by atoms with E-state index in [0.29, 0.717) is 23.6 Å². The van der Waals surface area contributed by atoms with E-state index < -0.39 is 44.8 Å². The Hall–Kier alpha value is -1.50.